The molecule has 9 nitrogen and oxygen atoms in total. The summed E-state index contributed by atoms with van der Waals surface area (Å²) >= 11 is 1.75. The number of benzene rings is 2. The number of hydrogen-bond donors (Lipinski definition) is 1. The number of nitrogens with one attached hydrogen (secondary N) is 1. The number of fused-ring (bicyclic) bond motifs is 1. The second kappa shape index (κ2) is 13.4. The highest BCUT2D eigenvalue weighted by atomic mass is 127. The molecule has 1 unspecified atom stereocenters. The topological polar surface area (TPSA) is 99.3 Å². The van der Waals surface area contributed by atoms with E-state index in [4.69, 9.17) is 3.07 Å². The molecule has 1 N–H and O–H groups in total. The average Bonchev–Trinajstić information content (AvgIpc) is 3.06. The second-order valence-electron chi connectivity index (χ2n) is 10.4. The van der Waals surface area contributed by atoms with Crippen LogP contribution in [0.1, 0.15) is 41.2 Å². The quantitative estimate of drug-likeness (QED) is 0.390. The number of hydrogen-bond acceptors (Lipinski definition) is 6. The molecule has 214 valence electrons. The first-order chi connectivity index (χ1) is 18.3. The summed E-state index contributed by atoms with van der Waals surface area (Å²) in [6, 6.07) is 9.01. The molecule has 1 atom stereocenters. The van der Waals surface area contributed by atoms with E-state index in [1.807, 2.05) is 0 Å². The molecule has 2 amide bonds. The number of likely N-dealkylation sites (N-methyl/N-ethyl adjacent to an activating group) is 2. The zero-order valence-corrected chi connectivity index (χ0v) is 26.6. The molecule has 0 aromatic heterocycles. The Balaban J connectivity index is 1.54. The monoisotopic (exact) mass is 670 g/mol. The van der Waals surface area contributed by atoms with Gasteiger partial charge in [-0.15, -0.1) is 0 Å². The van der Waals surface area contributed by atoms with Gasteiger partial charge >= 0.3 is 0 Å². The number of amides is 2. The molecule has 0 radical (unpaired) electrons. The molecule has 39 heavy (non-hydrogen) atoms. The predicted molar refractivity (Wildman–Crippen MR) is 160 cm³/mol. The van der Waals surface area contributed by atoms with Gasteiger partial charge in [-0.1, -0.05) is 18.2 Å². The van der Waals surface area contributed by atoms with Crippen LogP contribution in [0.2, 0.25) is 0 Å². The van der Waals surface area contributed by atoms with Crippen LogP contribution in [0.3, 0.4) is 0 Å². The van der Waals surface area contributed by atoms with Crippen molar-refractivity contribution in [2.75, 3.05) is 40.8 Å². The molecule has 11 heteroatoms. The smallest absolute Gasteiger partial charge is 0.244 e. The molecule has 2 aromatic carbocycles. The summed E-state index contributed by atoms with van der Waals surface area (Å²) in [6.45, 7) is 7.57. The summed E-state index contributed by atoms with van der Waals surface area (Å²) in [5, 5.41) is 2.72. The van der Waals surface area contributed by atoms with Gasteiger partial charge in [0.2, 0.25) is 21.8 Å². The molecular weight excluding hydrogens is 631 g/mol. The van der Waals surface area contributed by atoms with Gasteiger partial charge in [-0.3, -0.25) is 9.59 Å². The molecule has 1 heterocycles. The number of rotatable bonds is 10. The van der Waals surface area contributed by atoms with E-state index in [0.29, 0.717) is 23.4 Å². The Morgan fingerprint density at radius 2 is 1.69 bits per heavy atom. The maximum Gasteiger partial charge on any atom is 0.244 e. The van der Waals surface area contributed by atoms with Crippen LogP contribution in [0.15, 0.2) is 35.2 Å². The van der Waals surface area contributed by atoms with E-state index in [9.17, 15) is 18.0 Å². The van der Waals surface area contributed by atoms with E-state index in [0.717, 1.165) is 31.5 Å². The number of carbonyl (C=O) groups excluding carboxylic acids is 2. The Morgan fingerprint density at radius 3 is 2.31 bits per heavy atom. The molecule has 0 aliphatic carbocycles. The third-order valence-electron chi connectivity index (χ3n) is 7.19. The Morgan fingerprint density at radius 1 is 1.08 bits per heavy atom. The van der Waals surface area contributed by atoms with Crippen LogP contribution in [0, 0.1) is 13.8 Å². The van der Waals surface area contributed by atoms with Crippen LogP contribution in [0.5, 0.6) is 5.75 Å². The largest absolute Gasteiger partial charge is 0.428 e. The summed E-state index contributed by atoms with van der Waals surface area (Å²) in [6.07, 6.45) is 1.95. The number of nitrogens with zero attached hydrogens (tertiary/aromatic N) is 3. The molecule has 0 spiro atoms. The first-order valence-electron chi connectivity index (χ1n) is 13.0. The highest BCUT2D eigenvalue weighted by Gasteiger charge is 2.27. The fraction of sp³-hybridized carbons (Fsp3) is 0.500. The molecule has 0 bridgehead atoms. The molecule has 1 aliphatic rings. The van der Waals surface area contributed by atoms with Gasteiger partial charge in [0.15, 0.2) is 23.0 Å². The van der Waals surface area contributed by atoms with E-state index < -0.39 is 16.1 Å². The van der Waals surface area contributed by atoms with Crippen molar-refractivity contribution >= 4 is 44.8 Å². The number of sulfonamides is 1. The zero-order chi connectivity index (χ0) is 28.9. The minimum absolute atomic E-state index is 0.0152. The van der Waals surface area contributed by atoms with Crippen molar-refractivity contribution in [3.8, 4) is 5.75 Å². The molecule has 2 aromatic rings. The SMILES string of the molecule is Cc1cc(OI)cc(C)c1S(=O)(=O)N(C)CCC(=O)NC(C)C(=O)N(C)Cc1ccc2c(c1)CCN(C)CC2. The number of aryl methyl sites for hydroxylation is 2. The Hall–Kier alpha value is -2.22. The maximum atomic E-state index is 13.2. The van der Waals surface area contributed by atoms with Crippen molar-refractivity contribution in [2.24, 2.45) is 0 Å². The first kappa shape index (κ1) is 31.3. The van der Waals surface area contributed by atoms with E-state index in [-0.39, 0.29) is 29.7 Å². The molecule has 1 aliphatic heterocycles. The van der Waals surface area contributed by atoms with Gasteiger partial charge in [0.1, 0.15) is 11.8 Å². The van der Waals surface area contributed by atoms with Crippen molar-refractivity contribution < 1.29 is 21.1 Å². The van der Waals surface area contributed by atoms with Crippen LogP contribution < -0.4 is 8.38 Å². The van der Waals surface area contributed by atoms with Crippen LogP contribution in [0.4, 0.5) is 0 Å². The fourth-order valence-corrected chi connectivity index (χ4v) is 6.77. The van der Waals surface area contributed by atoms with Gasteiger partial charge in [0, 0.05) is 46.7 Å². The molecule has 0 fully saturated rings. The second-order valence-corrected chi connectivity index (χ2v) is 12.9. The lowest BCUT2D eigenvalue weighted by atomic mass is 10.00. The van der Waals surface area contributed by atoms with Gasteiger partial charge in [0.05, 0.1) is 4.90 Å². The van der Waals surface area contributed by atoms with E-state index in [2.05, 4.69) is 35.5 Å². The lowest BCUT2D eigenvalue weighted by molar-refractivity contribution is -0.135. The summed E-state index contributed by atoms with van der Waals surface area (Å²) < 4.78 is 32.7. The van der Waals surface area contributed by atoms with Gasteiger partial charge in [-0.25, -0.2) is 12.7 Å². The summed E-state index contributed by atoms with van der Waals surface area (Å²) in [5.74, 6) is -0.0181. The van der Waals surface area contributed by atoms with Crippen molar-refractivity contribution in [3.63, 3.8) is 0 Å². The third-order valence-corrected chi connectivity index (χ3v) is 9.86. The van der Waals surface area contributed by atoms with Crippen LogP contribution in [-0.2, 0) is 39.0 Å². The highest BCUT2D eigenvalue weighted by molar-refractivity contribution is 14.1. The molecule has 3 rings (SSSR count). The summed E-state index contributed by atoms with van der Waals surface area (Å²) in [4.78, 5) is 29.7. The Labute approximate surface area is 246 Å². The van der Waals surface area contributed by atoms with Crippen LogP contribution in [-0.4, -0.2) is 81.2 Å². The standard InChI is InChI=1S/C28H39IN4O5S/c1-19-15-25(38-29)16-20(2)27(19)39(36,37)33(6)14-11-26(34)30-21(3)28(35)32(5)18-22-7-8-23-9-12-31(4)13-10-24(23)17-22/h7-8,15-17,21H,9-14,18H2,1-6H3,(H,30,34). The van der Waals surface area contributed by atoms with Crippen LogP contribution >= 0.6 is 23.0 Å². The van der Waals surface area contributed by atoms with Crippen molar-refractivity contribution in [2.45, 2.75) is 57.5 Å². The molecule has 0 saturated heterocycles. The van der Waals surface area contributed by atoms with Crippen molar-refractivity contribution in [3.05, 3.63) is 58.1 Å². The normalized spacial score (nSPS) is 14.9. The van der Waals surface area contributed by atoms with E-state index >= 15 is 0 Å². The lowest BCUT2D eigenvalue weighted by Gasteiger charge is -2.23. The van der Waals surface area contributed by atoms with Crippen molar-refractivity contribution in [1.29, 1.82) is 0 Å². The Bertz CT molecular complexity index is 1290. The van der Waals surface area contributed by atoms with Gasteiger partial charge in [0.25, 0.3) is 0 Å². The first-order valence-corrected chi connectivity index (χ1v) is 15.3. The lowest BCUT2D eigenvalue weighted by Crippen LogP contribution is -2.46. The van der Waals surface area contributed by atoms with Gasteiger partial charge < -0.3 is 18.2 Å². The summed E-state index contributed by atoms with van der Waals surface area (Å²) in [5.41, 5.74) is 4.90. The number of halogens is 1. The van der Waals surface area contributed by atoms with E-state index in [1.165, 1.54) is 22.5 Å². The minimum atomic E-state index is -3.81. The minimum Gasteiger partial charge on any atom is -0.428 e. The number of carbonyl (C=O) groups is 2. The third kappa shape index (κ3) is 7.92. The van der Waals surface area contributed by atoms with Crippen molar-refractivity contribution in [1.82, 2.24) is 19.4 Å². The van der Waals surface area contributed by atoms with Crippen LogP contribution in [0.25, 0.3) is 0 Å². The highest BCUT2D eigenvalue weighted by Crippen LogP contribution is 2.28. The predicted octanol–water partition coefficient (Wildman–Crippen LogP) is 3.24. The Kier molecular flexibility index (Phi) is 10.8. The fourth-order valence-electron chi connectivity index (χ4n) is 4.94. The molecular formula is C28H39IN4O5S. The zero-order valence-electron chi connectivity index (χ0n) is 23.6. The summed E-state index contributed by atoms with van der Waals surface area (Å²) in [7, 11) is 1.50. The van der Waals surface area contributed by atoms with Gasteiger partial charge in [-0.05, 0) is 80.6 Å². The molecule has 0 saturated carbocycles. The van der Waals surface area contributed by atoms with Gasteiger partial charge in [-0.2, -0.15) is 0 Å². The maximum absolute atomic E-state index is 13.2. The van der Waals surface area contributed by atoms with E-state index in [1.54, 1.807) is 67.9 Å². The average molecular weight is 671 g/mol.